The lowest BCUT2D eigenvalue weighted by atomic mass is 10.0. The van der Waals surface area contributed by atoms with Crippen molar-refractivity contribution in [3.63, 3.8) is 0 Å². The summed E-state index contributed by atoms with van der Waals surface area (Å²) in [7, 11) is 0. The highest BCUT2D eigenvalue weighted by Gasteiger charge is 2.28. The van der Waals surface area contributed by atoms with Crippen LogP contribution in [0.1, 0.15) is 36.2 Å². The molecule has 2 aromatic heterocycles. The van der Waals surface area contributed by atoms with Crippen LogP contribution in [0.3, 0.4) is 0 Å². The van der Waals surface area contributed by atoms with Crippen LogP contribution in [-0.4, -0.2) is 16.5 Å². The van der Waals surface area contributed by atoms with Crippen LogP contribution in [0.5, 0.6) is 0 Å². The van der Waals surface area contributed by atoms with Crippen molar-refractivity contribution in [3.05, 3.63) is 51.4 Å². The maximum Gasteiger partial charge on any atom is 0.145 e. The van der Waals surface area contributed by atoms with Crippen molar-refractivity contribution in [1.82, 2.24) is 9.97 Å². The van der Waals surface area contributed by atoms with E-state index in [1.807, 2.05) is 19.2 Å². The smallest absolute Gasteiger partial charge is 0.145 e. The van der Waals surface area contributed by atoms with Crippen LogP contribution in [0.15, 0.2) is 24.4 Å². The second-order valence-electron chi connectivity index (χ2n) is 4.86. The number of rotatable bonds is 3. The van der Waals surface area contributed by atoms with Gasteiger partial charge in [0, 0.05) is 18.7 Å². The first-order valence-electron chi connectivity index (χ1n) is 6.74. The van der Waals surface area contributed by atoms with E-state index in [1.54, 1.807) is 6.07 Å². The minimum Gasteiger partial charge on any atom is -0.369 e. The van der Waals surface area contributed by atoms with E-state index in [0.717, 1.165) is 30.8 Å². The van der Waals surface area contributed by atoms with Gasteiger partial charge in [0.25, 0.3) is 0 Å². The Hall–Kier alpha value is -1.32. The Morgan fingerprint density at radius 1 is 1.30 bits per heavy atom. The molecule has 0 aliphatic heterocycles. The Morgan fingerprint density at radius 2 is 2.15 bits per heavy atom. The molecule has 1 N–H and O–H groups in total. The predicted molar refractivity (Wildman–Crippen MR) is 82.8 cm³/mol. The van der Waals surface area contributed by atoms with Gasteiger partial charge in [0.05, 0.1) is 21.4 Å². The van der Waals surface area contributed by atoms with E-state index in [9.17, 15) is 0 Å². The molecule has 5 heteroatoms. The fraction of sp³-hybridized carbons (Fsp3) is 0.333. The minimum atomic E-state index is 0.161. The average molecular weight is 308 g/mol. The van der Waals surface area contributed by atoms with E-state index in [0.29, 0.717) is 15.9 Å². The Balaban J connectivity index is 2.05. The van der Waals surface area contributed by atoms with Gasteiger partial charge in [-0.05, 0) is 37.5 Å². The molecule has 3 nitrogen and oxygen atoms in total. The monoisotopic (exact) mass is 307 g/mol. The highest BCUT2D eigenvalue weighted by Crippen LogP contribution is 2.40. The van der Waals surface area contributed by atoms with Crippen molar-refractivity contribution < 1.29 is 0 Å². The average Bonchev–Trinajstić information content (AvgIpc) is 2.86. The van der Waals surface area contributed by atoms with Gasteiger partial charge in [-0.25, -0.2) is 4.98 Å². The first-order valence-corrected chi connectivity index (χ1v) is 7.50. The van der Waals surface area contributed by atoms with Gasteiger partial charge in [0.2, 0.25) is 0 Å². The van der Waals surface area contributed by atoms with Crippen LogP contribution in [0, 0.1) is 0 Å². The van der Waals surface area contributed by atoms with Gasteiger partial charge in [0.1, 0.15) is 5.82 Å². The fourth-order valence-corrected chi connectivity index (χ4v) is 3.25. The van der Waals surface area contributed by atoms with E-state index in [2.05, 4.69) is 21.4 Å². The van der Waals surface area contributed by atoms with Crippen molar-refractivity contribution in [2.75, 3.05) is 11.9 Å². The number of aryl methyl sites for hydroxylation is 1. The van der Waals surface area contributed by atoms with Gasteiger partial charge in [-0.3, -0.25) is 4.98 Å². The summed E-state index contributed by atoms with van der Waals surface area (Å²) in [5, 5.41) is 4.34. The number of hydrogen-bond acceptors (Lipinski definition) is 3. The predicted octanol–water partition coefficient (Wildman–Crippen LogP) is 4.29. The third-order valence-electron chi connectivity index (χ3n) is 3.59. The zero-order valence-corrected chi connectivity index (χ0v) is 12.7. The molecule has 0 amide bonds. The molecule has 0 fully saturated rings. The zero-order chi connectivity index (χ0) is 14.1. The summed E-state index contributed by atoms with van der Waals surface area (Å²) in [6.07, 6.45) is 3.84. The van der Waals surface area contributed by atoms with Gasteiger partial charge in [-0.1, -0.05) is 29.3 Å². The standard InChI is InChI=1S/C15H15Cl2N3/c1-2-18-15-12(17)8-11(16)14(20-15)10-6-5-9-4-3-7-19-13(9)10/h3-4,7-8,10H,2,5-6H2,1H3,(H,18,20). The Labute approximate surface area is 128 Å². The summed E-state index contributed by atoms with van der Waals surface area (Å²) in [5.41, 5.74) is 3.24. The summed E-state index contributed by atoms with van der Waals surface area (Å²) < 4.78 is 0. The number of halogens is 2. The summed E-state index contributed by atoms with van der Waals surface area (Å²) >= 11 is 12.5. The number of anilines is 1. The molecular weight excluding hydrogens is 293 g/mol. The molecule has 2 aromatic rings. The second kappa shape index (κ2) is 5.58. The van der Waals surface area contributed by atoms with E-state index >= 15 is 0 Å². The Bertz CT molecular complexity index is 643. The Morgan fingerprint density at radius 3 is 2.95 bits per heavy atom. The minimum absolute atomic E-state index is 0.161. The summed E-state index contributed by atoms with van der Waals surface area (Å²) in [4.78, 5) is 9.13. The molecule has 2 heterocycles. The fourth-order valence-electron chi connectivity index (χ4n) is 2.70. The zero-order valence-electron chi connectivity index (χ0n) is 11.2. The van der Waals surface area contributed by atoms with Gasteiger partial charge >= 0.3 is 0 Å². The van der Waals surface area contributed by atoms with Crippen molar-refractivity contribution >= 4 is 29.0 Å². The van der Waals surface area contributed by atoms with Crippen molar-refractivity contribution in [2.24, 2.45) is 0 Å². The lowest BCUT2D eigenvalue weighted by molar-refractivity contribution is 0.747. The molecule has 0 saturated heterocycles. The molecule has 1 unspecified atom stereocenters. The Kier molecular flexibility index (Phi) is 3.81. The molecule has 0 radical (unpaired) electrons. The number of nitrogens with one attached hydrogen (secondary N) is 1. The first-order chi connectivity index (χ1) is 9.70. The molecule has 1 atom stereocenters. The molecular formula is C15H15Cl2N3. The third-order valence-corrected chi connectivity index (χ3v) is 4.18. The molecule has 1 aliphatic carbocycles. The lowest BCUT2D eigenvalue weighted by Gasteiger charge is -2.15. The second-order valence-corrected chi connectivity index (χ2v) is 5.67. The molecule has 0 aromatic carbocycles. The van der Waals surface area contributed by atoms with E-state index in [4.69, 9.17) is 23.2 Å². The number of hydrogen-bond donors (Lipinski definition) is 1. The van der Waals surface area contributed by atoms with Crippen LogP contribution < -0.4 is 5.32 Å². The highest BCUT2D eigenvalue weighted by atomic mass is 35.5. The van der Waals surface area contributed by atoms with Gasteiger partial charge in [0.15, 0.2) is 0 Å². The van der Waals surface area contributed by atoms with E-state index in [1.165, 1.54) is 5.56 Å². The molecule has 104 valence electrons. The summed E-state index contributed by atoms with van der Waals surface area (Å²) in [6.45, 7) is 2.78. The summed E-state index contributed by atoms with van der Waals surface area (Å²) in [5.74, 6) is 0.853. The molecule has 0 saturated carbocycles. The van der Waals surface area contributed by atoms with Gasteiger partial charge in [-0.15, -0.1) is 0 Å². The molecule has 20 heavy (non-hydrogen) atoms. The van der Waals surface area contributed by atoms with Crippen LogP contribution in [0.25, 0.3) is 0 Å². The summed E-state index contributed by atoms with van der Waals surface area (Å²) in [6, 6.07) is 5.86. The quantitative estimate of drug-likeness (QED) is 0.919. The number of nitrogens with zero attached hydrogens (tertiary/aromatic N) is 2. The maximum absolute atomic E-state index is 6.35. The highest BCUT2D eigenvalue weighted by molar-refractivity contribution is 6.36. The van der Waals surface area contributed by atoms with Crippen molar-refractivity contribution in [3.8, 4) is 0 Å². The molecule has 0 bridgehead atoms. The topological polar surface area (TPSA) is 37.8 Å². The van der Waals surface area contributed by atoms with Crippen molar-refractivity contribution in [1.29, 1.82) is 0 Å². The van der Waals surface area contributed by atoms with E-state index < -0.39 is 0 Å². The molecule has 0 spiro atoms. The van der Waals surface area contributed by atoms with Crippen LogP contribution in [-0.2, 0) is 6.42 Å². The van der Waals surface area contributed by atoms with Gasteiger partial charge in [-0.2, -0.15) is 0 Å². The van der Waals surface area contributed by atoms with E-state index in [-0.39, 0.29) is 5.92 Å². The number of pyridine rings is 2. The number of aromatic nitrogens is 2. The van der Waals surface area contributed by atoms with Crippen molar-refractivity contribution in [2.45, 2.75) is 25.7 Å². The molecule has 3 rings (SSSR count). The maximum atomic E-state index is 6.35. The normalized spacial score (nSPS) is 17.1. The molecule has 1 aliphatic rings. The van der Waals surface area contributed by atoms with Crippen LogP contribution >= 0.6 is 23.2 Å². The number of fused-ring (bicyclic) bond motifs is 1. The van der Waals surface area contributed by atoms with Crippen LogP contribution in [0.2, 0.25) is 10.0 Å². The lowest BCUT2D eigenvalue weighted by Crippen LogP contribution is -2.07. The first kappa shape index (κ1) is 13.7. The SMILES string of the molecule is CCNc1nc(C2CCc3cccnc32)c(Cl)cc1Cl. The van der Waals surface area contributed by atoms with Gasteiger partial charge < -0.3 is 5.32 Å². The third kappa shape index (κ3) is 2.36. The van der Waals surface area contributed by atoms with Crippen LogP contribution in [0.4, 0.5) is 5.82 Å². The largest absolute Gasteiger partial charge is 0.369 e.